The summed E-state index contributed by atoms with van der Waals surface area (Å²) < 4.78 is 76.9. The van der Waals surface area contributed by atoms with E-state index >= 15 is 0 Å². The van der Waals surface area contributed by atoms with Gasteiger partial charge in [-0.1, -0.05) is 5.16 Å². The van der Waals surface area contributed by atoms with Crippen molar-refractivity contribution in [3.05, 3.63) is 51.7 Å². The first-order valence-electron chi connectivity index (χ1n) is 6.81. The second-order valence-corrected chi connectivity index (χ2v) is 4.99. The van der Waals surface area contributed by atoms with Crippen LogP contribution in [0.4, 0.5) is 22.0 Å². The second kappa shape index (κ2) is 7.08. The van der Waals surface area contributed by atoms with Gasteiger partial charge in [0.15, 0.2) is 23.3 Å². The van der Waals surface area contributed by atoms with E-state index in [1.165, 1.54) is 7.11 Å². The van der Waals surface area contributed by atoms with Gasteiger partial charge in [-0.2, -0.15) is 0 Å². The highest BCUT2D eigenvalue weighted by atomic mass is 19.2. The molecule has 3 nitrogen and oxygen atoms in total. The van der Waals surface area contributed by atoms with Gasteiger partial charge in [-0.3, -0.25) is 0 Å². The zero-order chi connectivity index (χ0) is 17.1. The fourth-order valence-corrected chi connectivity index (χ4v) is 2.25. The Morgan fingerprint density at radius 1 is 0.913 bits per heavy atom. The van der Waals surface area contributed by atoms with Gasteiger partial charge < -0.3 is 9.26 Å². The zero-order valence-corrected chi connectivity index (χ0v) is 12.5. The number of hydrogen-bond donors (Lipinski definition) is 0. The van der Waals surface area contributed by atoms with E-state index in [2.05, 4.69) is 5.16 Å². The summed E-state index contributed by atoms with van der Waals surface area (Å²) >= 11 is 0. The van der Waals surface area contributed by atoms with Crippen LogP contribution in [0.2, 0.25) is 0 Å². The molecule has 23 heavy (non-hydrogen) atoms. The smallest absolute Gasteiger partial charge is 0.200 e. The minimum Gasteiger partial charge on any atom is -0.385 e. The summed E-state index contributed by atoms with van der Waals surface area (Å²) in [5, 5.41) is 3.69. The molecule has 0 saturated heterocycles. The average molecular weight is 335 g/mol. The number of hydrogen-bond acceptors (Lipinski definition) is 3. The quantitative estimate of drug-likeness (QED) is 0.348. The van der Waals surface area contributed by atoms with E-state index in [1.54, 1.807) is 6.92 Å². The van der Waals surface area contributed by atoms with Crippen molar-refractivity contribution < 1.29 is 31.2 Å². The van der Waals surface area contributed by atoms with Crippen LogP contribution >= 0.6 is 0 Å². The van der Waals surface area contributed by atoms with E-state index < -0.39 is 41.1 Å². The first kappa shape index (κ1) is 17.4. The molecule has 2 aromatic rings. The number of aryl methyl sites for hydroxylation is 1. The van der Waals surface area contributed by atoms with Crippen molar-refractivity contribution >= 4 is 0 Å². The number of benzene rings is 1. The van der Waals surface area contributed by atoms with Crippen LogP contribution in [0.5, 0.6) is 0 Å². The molecule has 0 radical (unpaired) electrons. The summed E-state index contributed by atoms with van der Waals surface area (Å²) in [6.07, 6.45) is 0.478. The monoisotopic (exact) mass is 335 g/mol. The van der Waals surface area contributed by atoms with Crippen LogP contribution in [0.1, 0.15) is 29.0 Å². The molecule has 0 atom stereocenters. The number of ether oxygens (including phenoxy) is 1. The van der Waals surface area contributed by atoms with Gasteiger partial charge in [-0.05, 0) is 19.8 Å². The third-order valence-corrected chi connectivity index (χ3v) is 3.48. The largest absolute Gasteiger partial charge is 0.385 e. The van der Waals surface area contributed by atoms with Crippen LogP contribution in [-0.4, -0.2) is 18.9 Å². The highest BCUT2D eigenvalue weighted by Crippen LogP contribution is 2.27. The molecular weight excluding hydrogens is 321 g/mol. The first-order chi connectivity index (χ1) is 10.9. The van der Waals surface area contributed by atoms with Crippen molar-refractivity contribution in [1.82, 2.24) is 5.16 Å². The van der Waals surface area contributed by atoms with Gasteiger partial charge in [0, 0.05) is 31.3 Å². The Labute approximate surface area is 129 Å². The van der Waals surface area contributed by atoms with Crippen LogP contribution in [0.3, 0.4) is 0 Å². The number of methoxy groups -OCH3 is 1. The molecular formula is C15H14F5NO2. The SMILES string of the molecule is COCCCc1c(C)noc1Cc1c(F)c(F)c(F)c(F)c1F. The normalized spacial score (nSPS) is 11.3. The first-order valence-corrected chi connectivity index (χ1v) is 6.81. The molecule has 0 saturated carbocycles. The molecule has 1 heterocycles. The minimum atomic E-state index is -2.18. The van der Waals surface area contributed by atoms with Crippen molar-refractivity contribution in [2.24, 2.45) is 0 Å². The molecule has 0 bridgehead atoms. The second-order valence-electron chi connectivity index (χ2n) is 4.99. The molecule has 0 amide bonds. The summed E-state index contributed by atoms with van der Waals surface area (Å²) in [6.45, 7) is 2.08. The fourth-order valence-electron chi connectivity index (χ4n) is 2.25. The van der Waals surface area contributed by atoms with Gasteiger partial charge in [0.2, 0.25) is 5.82 Å². The number of halogens is 5. The Morgan fingerprint density at radius 3 is 2.04 bits per heavy atom. The molecule has 0 aliphatic heterocycles. The molecule has 1 aromatic heterocycles. The van der Waals surface area contributed by atoms with E-state index in [-0.39, 0.29) is 5.76 Å². The van der Waals surface area contributed by atoms with Crippen LogP contribution < -0.4 is 0 Å². The molecule has 8 heteroatoms. The highest BCUT2D eigenvalue weighted by Gasteiger charge is 2.27. The molecule has 0 fully saturated rings. The number of rotatable bonds is 6. The van der Waals surface area contributed by atoms with Crippen LogP contribution in [0.25, 0.3) is 0 Å². The van der Waals surface area contributed by atoms with Crippen molar-refractivity contribution in [3.8, 4) is 0 Å². The van der Waals surface area contributed by atoms with Crippen LogP contribution in [-0.2, 0) is 17.6 Å². The maximum atomic E-state index is 13.7. The minimum absolute atomic E-state index is 0.0711. The van der Waals surface area contributed by atoms with Gasteiger partial charge in [0.1, 0.15) is 5.76 Å². The standard InChI is InChI=1S/C15H14F5NO2/c1-7-8(4-3-5-22-2)10(23-21-7)6-9-11(16)13(18)15(20)14(19)12(9)17/h3-6H2,1-2H3. The molecule has 2 rings (SSSR count). The average Bonchev–Trinajstić information content (AvgIpc) is 2.88. The van der Waals surface area contributed by atoms with Gasteiger partial charge in [-0.15, -0.1) is 0 Å². The summed E-state index contributed by atoms with van der Waals surface area (Å²) in [5.74, 6) is -9.79. The fraction of sp³-hybridized carbons (Fsp3) is 0.400. The Balaban J connectivity index is 2.37. The lowest BCUT2D eigenvalue weighted by molar-refractivity contribution is 0.195. The molecule has 0 aliphatic carbocycles. The molecule has 1 aromatic carbocycles. The molecule has 0 unspecified atom stereocenters. The lowest BCUT2D eigenvalue weighted by Crippen LogP contribution is -2.08. The molecule has 0 aliphatic rings. The van der Waals surface area contributed by atoms with E-state index in [1.807, 2.05) is 0 Å². The highest BCUT2D eigenvalue weighted by molar-refractivity contribution is 5.31. The van der Waals surface area contributed by atoms with E-state index in [0.717, 1.165) is 0 Å². The van der Waals surface area contributed by atoms with Gasteiger partial charge in [0.05, 0.1) is 5.69 Å². The van der Waals surface area contributed by atoms with Gasteiger partial charge in [0.25, 0.3) is 0 Å². The van der Waals surface area contributed by atoms with Crippen molar-refractivity contribution in [2.45, 2.75) is 26.2 Å². The summed E-state index contributed by atoms with van der Waals surface area (Å²) in [5.41, 5.74) is 0.136. The van der Waals surface area contributed by atoms with Crippen LogP contribution in [0.15, 0.2) is 4.52 Å². The van der Waals surface area contributed by atoms with E-state index in [0.29, 0.717) is 30.7 Å². The van der Waals surface area contributed by atoms with Crippen LogP contribution in [0, 0.1) is 36.0 Å². The van der Waals surface area contributed by atoms with Crippen molar-refractivity contribution in [1.29, 1.82) is 0 Å². The lowest BCUT2D eigenvalue weighted by Gasteiger charge is -2.08. The number of nitrogens with zero attached hydrogens (tertiary/aromatic N) is 1. The zero-order valence-electron chi connectivity index (χ0n) is 12.5. The predicted octanol–water partition coefficient (Wildman–Crippen LogP) is 3.85. The summed E-state index contributed by atoms with van der Waals surface area (Å²) in [7, 11) is 1.52. The van der Waals surface area contributed by atoms with Gasteiger partial charge >= 0.3 is 0 Å². The van der Waals surface area contributed by atoms with E-state index in [9.17, 15) is 22.0 Å². The Hall–Kier alpha value is -1.96. The summed E-state index contributed by atoms with van der Waals surface area (Å²) in [6, 6.07) is 0. The molecule has 126 valence electrons. The Kier molecular flexibility index (Phi) is 5.35. The maximum absolute atomic E-state index is 13.7. The number of aromatic nitrogens is 1. The topological polar surface area (TPSA) is 35.3 Å². The maximum Gasteiger partial charge on any atom is 0.200 e. The van der Waals surface area contributed by atoms with Crippen molar-refractivity contribution in [3.63, 3.8) is 0 Å². The third-order valence-electron chi connectivity index (χ3n) is 3.48. The summed E-state index contributed by atoms with van der Waals surface area (Å²) in [4.78, 5) is 0. The lowest BCUT2D eigenvalue weighted by atomic mass is 10.0. The molecule has 0 N–H and O–H groups in total. The Morgan fingerprint density at radius 2 is 1.48 bits per heavy atom. The molecule has 0 spiro atoms. The predicted molar refractivity (Wildman–Crippen MR) is 70.5 cm³/mol. The van der Waals surface area contributed by atoms with E-state index in [4.69, 9.17) is 9.26 Å². The third kappa shape index (κ3) is 3.36. The van der Waals surface area contributed by atoms with Gasteiger partial charge in [-0.25, -0.2) is 22.0 Å². The Bertz CT molecular complexity index is 685. The van der Waals surface area contributed by atoms with Crippen molar-refractivity contribution in [2.75, 3.05) is 13.7 Å².